The molecule has 0 unspecified atom stereocenters. The van der Waals surface area contributed by atoms with E-state index in [2.05, 4.69) is 47.4 Å². The molecule has 0 aliphatic carbocycles. The van der Waals surface area contributed by atoms with Gasteiger partial charge in [-0.15, -0.1) is 0 Å². The second-order valence-electron chi connectivity index (χ2n) is 6.75. The van der Waals surface area contributed by atoms with Crippen LogP contribution in [0.1, 0.15) is 22.3 Å². The minimum absolute atomic E-state index is 0.279. The number of nitrogens with zero attached hydrogens (tertiary/aromatic N) is 1. The van der Waals surface area contributed by atoms with Gasteiger partial charge in [-0.25, -0.2) is 4.98 Å². The van der Waals surface area contributed by atoms with E-state index in [0.29, 0.717) is 11.4 Å². The lowest BCUT2D eigenvalue weighted by molar-refractivity contribution is 1.10. The fraction of sp³-hybridized carbons (Fsp3) is 0.0870. The molecule has 0 spiro atoms. The first-order chi connectivity index (χ1) is 13.1. The van der Waals surface area contributed by atoms with Crippen LogP contribution in [0.3, 0.4) is 0 Å². The number of hydrogen-bond acceptors (Lipinski definition) is 4. The highest BCUT2D eigenvalue weighted by Crippen LogP contribution is 2.35. The van der Waals surface area contributed by atoms with Crippen LogP contribution in [-0.4, -0.2) is 4.98 Å². The first kappa shape index (κ1) is 16.9. The van der Waals surface area contributed by atoms with E-state index in [1.54, 1.807) is 0 Å². The van der Waals surface area contributed by atoms with Gasteiger partial charge in [0, 0.05) is 5.39 Å². The molecule has 0 fully saturated rings. The third-order valence-corrected chi connectivity index (χ3v) is 4.93. The molecule has 4 heteroatoms. The minimum atomic E-state index is 0.279. The van der Waals surface area contributed by atoms with E-state index < -0.39 is 0 Å². The van der Waals surface area contributed by atoms with Crippen molar-refractivity contribution in [2.75, 3.05) is 17.2 Å². The van der Waals surface area contributed by atoms with Crippen molar-refractivity contribution in [3.8, 4) is 0 Å². The predicted octanol–water partition coefficient (Wildman–Crippen LogP) is 4.16. The first-order valence-electron chi connectivity index (χ1n) is 8.96. The van der Waals surface area contributed by atoms with Gasteiger partial charge in [-0.05, 0) is 41.2 Å². The summed E-state index contributed by atoms with van der Waals surface area (Å²) in [5.41, 5.74) is 24.9. The Morgan fingerprint density at radius 2 is 1.22 bits per heavy atom. The SMILES string of the molecule is Nc1nc2ccc(Cc3ccccc3)c(Cc3ccccc3)c2c(N)c1N. The molecule has 0 radical (unpaired) electrons. The van der Waals surface area contributed by atoms with E-state index in [-0.39, 0.29) is 5.82 Å². The minimum Gasteiger partial charge on any atom is -0.396 e. The Balaban J connectivity index is 1.92. The Morgan fingerprint density at radius 1 is 0.630 bits per heavy atom. The summed E-state index contributed by atoms with van der Waals surface area (Å²) < 4.78 is 0. The average molecular weight is 354 g/mol. The lowest BCUT2D eigenvalue weighted by Crippen LogP contribution is -2.07. The maximum absolute atomic E-state index is 6.39. The maximum atomic E-state index is 6.39. The van der Waals surface area contributed by atoms with Gasteiger partial charge < -0.3 is 17.2 Å². The zero-order valence-corrected chi connectivity index (χ0v) is 15.0. The van der Waals surface area contributed by atoms with Gasteiger partial charge in [-0.3, -0.25) is 0 Å². The third-order valence-electron chi connectivity index (χ3n) is 4.93. The molecular weight excluding hydrogens is 332 g/mol. The summed E-state index contributed by atoms with van der Waals surface area (Å²) in [6.07, 6.45) is 1.58. The molecule has 0 atom stereocenters. The number of nitrogens with two attached hydrogens (primary N) is 3. The average Bonchev–Trinajstić information content (AvgIpc) is 2.69. The normalized spacial score (nSPS) is 11.0. The Bertz CT molecular complexity index is 1090. The summed E-state index contributed by atoms with van der Waals surface area (Å²) in [5.74, 6) is 0.279. The largest absolute Gasteiger partial charge is 0.396 e. The number of nitrogen functional groups attached to an aromatic ring is 3. The standard InChI is InChI=1S/C23H22N4/c24-21-20-18(14-16-9-5-2-6-10-16)17(13-15-7-3-1-4-8-15)11-12-19(20)27-23(26)22(21)25/h1-12H,13-14,25H2,(H4,24,26,27). The van der Waals surface area contributed by atoms with Gasteiger partial charge in [0.1, 0.15) is 5.82 Å². The van der Waals surface area contributed by atoms with E-state index in [1.165, 1.54) is 16.7 Å². The molecule has 0 saturated heterocycles. The van der Waals surface area contributed by atoms with Gasteiger partial charge in [-0.1, -0.05) is 66.7 Å². The van der Waals surface area contributed by atoms with Crippen LogP contribution in [-0.2, 0) is 12.8 Å². The van der Waals surface area contributed by atoms with E-state index in [0.717, 1.165) is 29.3 Å². The van der Waals surface area contributed by atoms with E-state index >= 15 is 0 Å². The fourth-order valence-electron chi connectivity index (χ4n) is 3.52. The molecule has 3 aromatic carbocycles. The second kappa shape index (κ2) is 7.00. The van der Waals surface area contributed by atoms with Crippen molar-refractivity contribution >= 4 is 28.1 Å². The van der Waals surface area contributed by atoms with Crippen LogP contribution in [0.25, 0.3) is 10.9 Å². The Hall–Kier alpha value is -3.53. The topological polar surface area (TPSA) is 90.9 Å². The smallest absolute Gasteiger partial charge is 0.149 e. The lowest BCUT2D eigenvalue weighted by Gasteiger charge is -2.17. The van der Waals surface area contributed by atoms with Crippen molar-refractivity contribution in [3.63, 3.8) is 0 Å². The molecular formula is C23H22N4. The number of rotatable bonds is 4. The van der Waals surface area contributed by atoms with Gasteiger partial charge in [0.15, 0.2) is 0 Å². The van der Waals surface area contributed by atoms with Gasteiger partial charge in [0.2, 0.25) is 0 Å². The molecule has 0 bridgehead atoms. The molecule has 6 N–H and O–H groups in total. The highest BCUT2D eigenvalue weighted by molar-refractivity contribution is 6.02. The number of anilines is 3. The molecule has 0 aliphatic heterocycles. The van der Waals surface area contributed by atoms with Crippen LogP contribution in [0.2, 0.25) is 0 Å². The number of hydrogen-bond donors (Lipinski definition) is 3. The van der Waals surface area contributed by atoms with Crippen LogP contribution in [0.15, 0.2) is 72.8 Å². The van der Waals surface area contributed by atoms with Crippen molar-refractivity contribution in [1.82, 2.24) is 4.98 Å². The highest BCUT2D eigenvalue weighted by atomic mass is 14.9. The molecule has 0 amide bonds. The number of fused-ring (bicyclic) bond motifs is 1. The number of benzene rings is 3. The van der Waals surface area contributed by atoms with Crippen LogP contribution < -0.4 is 17.2 Å². The van der Waals surface area contributed by atoms with Gasteiger partial charge in [-0.2, -0.15) is 0 Å². The summed E-state index contributed by atoms with van der Waals surface area (Å²) in [6, 6.07) is 24.9. The molecule has 0 aliphatic rings. The molecule has 4 rings (SSSR count). The van der Waals surface area contributed by atoms with E-state index in [1.807, 2.05) is 30.3 Å². The monoisotopic (exact) mass is 354 g/mol. The molecule has 134 valence electrons. The summed E-state index contributed by atoms with van der Waals surface area (Å²) in [6.45, 7) is 0. The zero-order valence-electron chi connectivity index (χ0n) is 15.0. The summed E-state index contributed by atoms with van der Waals surface area (Å²) >= 11 is 0. The van der Waals surface area contributed by atoms with Crippen LogP contribution in [0, 0.1) is 0 Å². The molecule has 4 aromatic rings. The Kier molecular flexibility index (Phi) is 4.38. The summed E-state index contributed by atoms with van der Waals surface area (Å²) in [5, 5.41) is 0.902. The molecule has 1 aromatic heterocycles. The predicted molar refractivity (Wildman–Crippen MR) is 113 cm³/mol. The van der Waals surface area contributed by atoms with Crippen molar-refractivity contribution < 1.29 is 0 Å². The Morgan fingerprint density at radius 3 is 1.85 bits per heavy atom. The second-order valence-corrected chi connectivity index (χ2v) is 6.75. The van der Waals surface area contributed by atoms with E-state index in [4.69, 9.17) is 17.2 Å². The van der Waals surface area contributed by atoms with Crippen LogP contribution in [0.4, 0.5) is 17.2 Å². The van der Waals surface area contributed by atoms with Gasteiger partial charge in [0.25, 0.3) is 0 Å². The van der Waals surface area contributed by atoms with Crippen LogP contribution >= 0.6 is 0 Å². The number of aromatic nitrogens is 1. The van der Waals surface area contributed by atoms with Crippen LogP contribution in [0.5, 0.6) is 0 Å². The Labute approximate surface area is 158 Å². The first-order valence-corrected chi connectivity index (χ1v) is 8.96. The fourth-order valence-corrected chi connectivity index (χ4v) is 3.52. The quantitative estimate of drug-likeness (QED) is 0.513. The third kappa shape index (κ3) is 3.29. The maximum Gasteiger partial charge on any atom is 0.149 e. The highest BCUT2D eigenvalue weighted by Gasteiger charge is 2.16. The molecule has 0 saturated carbocycles. The lowest BCUT2D eigenvalue weighted by atomic mass is 9.91. The zero-order chi connectivity index (χ0) is 18.8. The number of pyridine rings is 1. The summed E-state index contributed by atoms with van der Waals surface area (Å²) in [4.78, 5) is 4.46. The molecule has 27 heavy (non-hydrogen) atoms. The van der Waals surface area contributed by atoms with Gasteiger partial charge >= 0.3 is 0 Å². The van der Waals surface area contributed by atoms with Crippen molar-refractivity contribution in [2.24, 2.45) is 0 Å². The summed E-state index contributed by atoms with van der Waals surface area (Å²) in [7, 11) is 0. The van der Waals surface area contributed by atoms with E-state index in [9.17, 15) is 0 Å². The van der Waals surface area contributed by atoms with Crippen molar-refractivity contribution in [3.05, 3.63) is 95.1 Å². The van der Waals surface area contributed by atoms with Crippen molar-refractivity contribution in [1.29, 1.82) is 0 Å². The molecule has 1 heterocycles. The molecule has 4 nitrogen and oxygen atoms in total. The van der Waals surface area contributed by atoms with Crippen molar-refractivity contribution in [2.45, 2.75) is 12.8 Å². The van der Waals surface area contributed by atoms with Gasteiger partial charge in [0.05, 0.1) is 16.9 Å².